The zero-order valence-electron chi connectivity index (χ0n) is 11.9. The lowest BCUT2D eigenvalue weighted by Crippen LogP contribution is -2.06. The fourth-order valence-electron chi connectivity index (χ4n) is 2.08. The first kappa shape index (κ1) is 15.0. The Labute approximate surface area is 124 Å². The molecule has 108 valence electrons. The minimum absolute atomic E-state index is 0.304. The van der Waals surface area contributed by atoms with Crippen LogP contribution >= 0.6 is 0 Å². The number of rotatable bonds is 5. The zero-order chi connectivity index (χ0) is 15.1. The molecule has 2 aromatic rings. The van der Waals surface area contributed by atoms with Crippen molar-refractivity contribution < 1.29 is 14.6 Å². The summed E-state index contributed by atoms with van der Waals surface area (Å²) in [6, 6.07) is 18.6. The van der Waals surface area contributed by atoms with Crippen LogP contribution in [-0.2, 0) is 9.53 Å². The van der Waals surface area contributed by atoms with Gasteiger partial charge in [0, 0.05) is 6.08 Å². The Balaban J connectivity index is 2.39. The fourth-order valence-corrected chi connectivity index (χ4v) is 2.08. The van der Waals surface area contributed by atoms with E-state index in [9.17, 15) is 9.90 Å². The third kappa shape index (κ3) is 4.04. The first-order valence-corrected chi connectivity index (χ1v) is 6.89. The van der Waals surface area contributed by atoms with Crippen LogP contribution in [0.15, 0.2) is 66.7 Å². The summed E-state index contributed by atoms with van der Waals surface area (Å²) >= 11 is 0. The lowest BCUT2D eigenvalue weighted by atomic mass is 9.95. The maximum absolute atomic E-state index is 11.8. The lowest BCUT2D eigenvalue weighted by Gasteiger charge is -2.16. The first-order valence-electron chi connectivity index (χ1n) is 6.89. The molecule has 0 radical (unpaired) electrons. The van der Waals surface area contributed by atoms with Gasteiger partial charge in [-0.2, -0.15) is 0 Å². The van der Waals surface area contributed by atoms with Crippen molar-refractivity contribution in [2.45, 2.75) is 13.0 Å². The number of aliphatic hydroxyl groups excluding tert-OH is 1. The molecule has 0 heterocycles. The number of esters is 1. The maximum Gasteiger partial charge on any atom is 0.331 e. The Morgan fingerprint density at radius 2 is 1.67 bits per heavy atom. The number of aliphatic hydroxyl groups is 1. The van der Waals surface area contributed by atoms with Gasteiger partial charge in [-0.15, -0.1) is 0 Å². The van der Waals surface area contributed by atoms with E-state index in [1.807, 2.05) is 60.7 Å². The Morgan fingerprint density at radius 1 is 1.10 bits per heavy atom. The normalized spacial score (nSPS) is 12.8. The summed E-state index contributed by atoms with van der Waals surface area (Å²) < 4.78 is 4.95. The Hall–Kier alpha value is -2.39. The van der Waals surface area contributed by atoms with Crippen molar-refractivity contribution in [3.63, 3.8) is 0 Å². The van der Waals surface area contributed by atoms with Crippen molar-refractivity contribution >= 4 is 11.5 Å². The summed E-state index contributed by atoms with van der Waals surface area (Å²) in [6.45, 7) is 2.06. The van der Waals surface area contributed by atoms with E-state index in [1.54, 1.807) is 6.92 Å². The molecule has 1 atom stereocenters. The molecule has 0 amide bonds. The van der Waals surface area contributed by atoms with Crippen LogP contribution in [0.4, 0.5) is 0 Å². The molecule has 1 unspecified atom stereocenters. The van der Waals surface area contributed by atoms with E-state index in [1.165, 1.54) is 6.08 Å². The van der Waals surface area contributed by atoms with Gasteiger partial charge in [0.2, 0.25) is 0 Å². The minimum Gasteiger partial charge on any atom is -0.463 e. The maximum atomic E-state index is 11.8. The molecule has 0 saturated heterocycles. The third-order valence-electron chi connectivity index (χ3n) is 3.08. The van der Waals surface area contributed by atoms with E-state index in [2.05, 4.69) is 0 Å². The van der Waals surface area contributed by atoms with Crippen LogP contribution in [0.1, 0.15) is 24.2 Å². The summed E-state index contributed by atoms with van der Waals surface area (Å²) in [7, 11) is 0. The van der Waals surface area contributed by atoms with Gasteiger partial charge >= 0.3 is 5.97 Å². The van der Waals surface area contributed by atoms with Gasteiger partial charge in [0.05, 0.1) is 6.61 Å². The Kier molecular flexibility index (Phi) is 5.29. The van der Waals surface area contributed by atoms with E-state index < -0.39 is 12.1 Å². The predicted octanol–water partition coefficient (Wildman–Crippen LogP) is 3.37. The van der Waals surface area contributed by atoms with E-state index in [0.29, 0.717) is 12.2 Å². The van der Waals surface area contributed by atoms with Gasteiger partial charge in [-0.1, -0.05) is 60.7 Å². The molecule has 21 heavy (non-hydrogen) atoms. The van der Waals surface area contributed by atoms with Crippen LogP contribution in [0.25, 0.3) is 5.57 Å². The molecule has 0 spiro atoms. The van der Waals surface area contributed by atoms with Crippen LogP contribution in [0.2, 0.25) is 0 Å². The number of ether oxygens (including phenoxy) is 1. The van der Waals surface area contributed by atoms with Crippen LogP contribution < -0.4 is 0 Å². The predicted molar refractivity (Wildman–Crippen MR) is 82.5 cm³/mol. The molecule has 3 nitrogen and oxygen atoms in total. The van der Waals surface area contributed by atoms with Gasteiger partial charge in [-0.25, -0.2) is 4.79 Å². The van der Waals surface area contributed by atoms with E-state index in [0.717, 1.165) is 11.1 Å². The van der Waals surface area contributed by atoms with Crippen molar-refractivity contribution in [2.75, 3.05) is 6.61 Å². The molecule has 0 aliphatic heterocycles. The second kappa shape index (κ2) is 7.41. The molecule has 0 aliphatic carbocycles. The van der Waals surface area contributed by atoms with Gasteiger partial charge in [-0.05, 0) is 23.6 Å². The van der Waals surface area contributed by atoms with Crippen LogP contribution in [0.3, 0.4) is 0 Å². The van der Waals surface area contributed by atoms with Crippen molar-refractivity contribution in [1.29, 1.82) is 0 Å². The van der Waals surface area contributed by atoms with Gasteiger partial charge in [0.15, 0.2) is 0 Å². The highest BCUT2D eigenvalue weighted by Gasteiger charge is 2.16. The van der Waals surface area contributed by atoms with Crippen LogP contribution in [0, 0.1) is 0 Å². The summed E-state index contributed by atoms with van der Waals surface area (Å²) in [5.41, 5.74) is 2.05. The summed E-state index contributed by atoms with van der Waals surface area (Å²) in [4.78, 5) is 11.8. The second-order valence-corrected chi connectivity index (χ2v) is 4.53. The van der Waals surface area contributed by atoms with Gasteiger partial charge < -0.3 is 9.84 Å². The topological polar surface area (TPSA) is 46.5 Å². The molecular weight excluding hydrogens is 264 g/mol. The van der Waals surface area contributed by atoms with Crippen molar-refractivity contribution in [3.8, 4) is 0 Å². The number of hydrogen-bond acceptors (Lipinski definition) is 3. The monoisotopic (exact) mass is 282 g/mol. The average molecular weight is 282 g/mol. The summed E-state index contributed by atoms with van der Waals surface area (Å²) in [6.07, 6.45) is 0.481. The molecular formula is C18H18O3. The standard InChI is InChI=1S/C18H18O3/c1-2-21-17(19)13-16(14-9-5-3-6-10-14)18(20)15-11-7-4-8-12-15/h3-13,18,20H,2H2,1H3. The Morgan fingerprint density at radius 3 is 2.24 bits per heavy atom. The first-order chi connectivity index (χ1) is 10.2. The summed E-state index contributed by atoms with van der Waals surface area (Å²) in [5.74, 6) is -0.452. The van der Waals surface area contributed by atoms with Crippen LogP contribution in [0.5, 0.6) is 0 Å². The zero-order valence-corrected chi connectivity index (χ0v) is 11.9. The molecule has 0 aromatic heterocycles. The molecule has 2 rings (SSSR count). The van der Waals surface area contributed by atoms with E-state index in [4.69, 9.17) is 4.74 Å². The lowest BCUT2D eigenvalue weighted by molar-refractivity contribution is -0.137. The number of hydrogen-bond donors (Lipinski definition) is 1. The highest BCUT2D eigenvalue weighted by molar-refractivity contribution is 5.92. The second-order valence-electron chi connectivity index (χ2n) is 4.53. The SMILES string of the molecule is CCOC(=O)C=C(c1ccccc1)C(O)c1ccccc1. The molecule has 0 saturated carbocycles. The molecule has 1 N–H and O–H groups in total. The molecule has 2 aromatic carbocycles. The molecule has 0 aliphatic rings. The summed E-state index contributed by atoms with van der Waals surface area (Å²) in [5, 5.41) is 10.6. The van der Waals surface area contributed by atoms with E-state index in [-0.39, 0.29) is 0 Å². The number of benzene rings is 2. The molecule has 0 bridgehead atoms. The third-order valence-corrected chi connectivity index (χ3v) is 3.08. The van der Waals surface area contributed by atoms with Crippen molar-refractivity contribution in [2.24, 2.45) is 0 Å². The smallest absolute Gasteiger partial charge is 0.331 e. The highest BCUT2D eigenvalue weighted by atomic mass is 16.5. The fraction of sp³-hybridized carbons (Fsp3) is 0.167. The van der Waals surface area contributed by atoms with Crippen LogP contribution in [-0.4, -0.2) is 17.7 Å². The van der Waals surface area contributed by atoms with Gasteiger partial charge in [0.1, 0.15) is 6.10 Å². The Bertz CT molecular complexity index is 603. The molecule has 0 fully saturated rings. The number of carbonyl (C=O) groups excluding carboxylic acids is 1. The quantitative estimate of drug-likeness (QED) is 0.675. The van der Waals surface area contributed by atoms with E-state index >= 15 is 0 Å². The van der Waals surface area contributed by atoms with Crippen molar-refractivity contribution in [1.82, 2.24) is 0 Å². The minimum atomic E-state index is -0.877. The van der Waals surface area contributed by atoms with Gasteiger partial charge in [-0.3, -0.25) is 0 Å². The number of carbonyl (C=O) groups is 1. The van der Waals surface area contributed by atoms with Gasteiger partial charge in [0.25, 0.3) is 0 Å². The average Bonchev–Trinajstić information content (AvgIpc) is 2.54. The molecule has 3 heteroatoms. The largest absolute Gasteiger partial charge is 0.463 e. The highest BCUT2D eigenvalue weighted by Crippen LogP contribution is 2.29. The van der Waals surface area contributed by atoms with Crippen molar-refractivity contribution in [3.05, 3.63) is 77.9 Å².